The molecule has 2 rings (SSSR count). The van der Waals surface area contributed by atoms with Gasteiger partial charge in [0, 0.05) is 12.6 Å². The lowest BCUT2D eigenvalue weighted by Gasteiger charge is -2.41. The molecule has 1 saturated carbocycles. The summed E-state index contributed by atoms with van der Waals surface area (Å²) in [5, 5.41) is 3.85. The van der Waals surface area contributed by atoms with Crippen LogP contribution in [-0.2, 0) is 6.54 Å². The van der Waals surface area contributed by atoms with E-state index in [1.807, 2.05) is 0 Å². The normalized spacial score (nSPS) is 23.9. The first-order valence-corrected chi connectivity index (χ1v) is 8.17. The van der Waals surface area contributed by atoms with Crippen molar-refractivity contribution in [2.75, 3.05) is 0 Å². The summed E-state index contributed by atoms with van der Waals surface area (Å²) in [5.41, 5.74) is 4.59. The summed E-state index contributed by atoms with van der Waals surface area (Å²) in [4.78, 5) is 0. The van der Waals surface area contributed by atoms with Gasteiger partial charge in [-0.15, -0.1) is 0 Å². The maximum absolute atomic E-state index is 3.85. The molecule has 1 heteroatoms. The van der Waals surface area contributed by atoms with E-state index in [1.165, 1.54) is 42.4 Å². The number of benzene rings is 1. The van der Waals surface area contributed by atoms with Crippen molar-refractivity contribution in [3.05, 3.63) is 34.9 Å². The number of hydrogen-bond donors (Lipinski definition) is 1. The van der Waals surface area contributed by atoms with E-state index in [1.54, 1.807) is 0 Å². The van der Waals surface area contributed by atoms with E-state index in [4.69, 9.17) is 0 Å². The van der Waals surface area contributed by atoms with Gasteiger partial charge in [-0.25, -0.2) is 0 Å². The quantitative estimate of drug-likeness (QED) is 0.817. The van der Waals surface area contributed by atoms with Crippen LogP contribution in [0, 0.1) is 25.2 Å². The smallest absolute Gasteiger partial charge is 0.0208 e. The molecule has 0 aromatic heterocycles. The Hall–Kier alpha value is -0.820. The number of nitrogens with one attached hydrogen (secondary N) is 1. The molecule has 0 bridgehead atoms. The van der Waals surface area contributed by atoms with Gasteiger partial charge in [-0.3, -0.25) is 0 Å². The topological polar surface area (TPSA) is 12.0 Å². The lowest BCUT2D eigenvalue weighted by atomic mass is 9.69. The SMILES string of the molecule is Cc1cc(C)cc(CNC2CCCCC2C(C)(C)C)c1. The molecule has 112 valence electrons. The predicted molar refractivity (Wildman–Crippen MR) is 88.0 cm³/mol. The molecular formula is C19H31N. The highest BCUT2D eigenvalue weighted by molar-refractivity contribution is 5.28. The Kier molecular flexibility index (Phi) is 4.90. The van der Waals surface area contributed by atoms with Gasteiger partial charge in [-0.05, 0) is 43.6 Å². The van der Waals surface area contributed by atoms with Gasteiger partial charge in [0.1, 0.15) is 0 Å². The van der Waals surface area contributed by atoms with Crippen molar-refractivity contribution in [3.8, 4) is 0 Å². The minimum atomic E-state index is 0.417. The molecule has 2 unspecified atom stereocenters. The molecule has 20 heavy (non-hydrogen) atoms. The van der Waals surface area contributed by atoms with E-state index in [-0.39, 0.29) is 0 Å². The molecule has 0 radical (unpaired) electrons. The minimum Gasteiger partial charge on any atom is -0.310 e. The summed E-state index contributed by atoms with van der Waals surface area (Å²) in [7, 11) is 0. The van der Waals surface area contributed by atoms with Crippen LogP contribution in [0.3, 0.4) is 0 Å². The van der Waals surface area contributed by atoms with Crippen LogP contribution in [-0.4, -0.2) is 6.04 Å². The van der Waals surface area contributed by atoms with Crippen LogP contribution in [0.15, 0.2) is 18.2 Å². The van der Waals surface area contributed by atoms with Gasteiger partial charge in [0.2, 0.25) is 0 Å². The first kappa shape index (κ1) is 15.6. The molecule has 1 nitrogen and oxygen atoms in total. The highest BCUT2D eigenvalue weighted by atomic mass is 14.9. The van der Waals surface area contributed by atoms with Gasteiger partial charge < -0.3 is 5.32 Å². The molecule has 1 aromatic rings. The van der Waals surface area contributed by atoms with E-state index in [9.17, 15) is 0 Å². The molecule has 0 amide bonds. The summed E-state index contributed by atoms with van der Waals surface area (Å²) in [6, 6.07) is 7.57. The molecule has 0 spiro atoms. The second-order valence-electron chi connectivity index (χ2n) is 7.74. The Morgan fingerprint density at radius 2 is 1.60 bits per heavy atom. The van der Waals surface area contributed by atoms with Crippen LogP contribution < -0.4 is 5.32 Å². The lowest BCUT2D eigenvalue weighted by molar-refractivity contribution is 0.130. The zero-order chi connectivity index (χ0) is 14.8. The molecule has 1 N–H and O–H groups in total. The lowest BCUT2D eigenvalue weighted by Crippen LogP contribution is -2.43. The second-order valence-corrected chi connectivity index (χ2v) is 7.74. The van der Waals surface area contributed by atoms with Crippen molar-refractivity contribution in [3.63, 3.8) is 0 Å². The molecule has 0 aliphatic heterocycles. The van der Waals surface area contributed by atoms with Crippen LogP contribution in [0.2, 0.25) is 0 Å². The highest BCUT2D eigenvalue weighted by Crippen LogP contribution is 2.38. The van der Waals surface area contributed by atoms with Crippen LogP contribution in [0.1, 0.15) is 63.1 Å². The van der Waals surface area contributed by atoms with Crippen molar-refractivity contribution in [2.24, 2.45) is 11.3 Å². The van der Waals surface area contributed by atoms with E-state index >= 15 is 0 Å². The summed E-state index contributed by atoms with van der Waals surface area (Å²) >= 11 is 0. The van der Waals surface area contributed by atoms with Gasteiger partial charge in [-0.2, -0.15) is 0 Å². The van der Waals surface area contributed by atoms with Crippen LogP contribution in [0.25, 0.3) is 0 Å². The molecule has 0 saturated heterocycles. The Labute approximate surface area is 125 Å². The summed E-state index contributed by atoms with van der Waals surface area (Å²) in [5.74, 6) is 0.808. The summed E-state index contributed by atoms with van der Waals surface area (Å²) < 4.78 is 0. The van der Waals surface area contributed by atoms with Gasteiger partial charge in [0.15, 0.2) is 0 Å². The van der Waals surface area contributed by atoms with Gasteiger partial charge in [0.05, 0.1) is 0 Å². The van der Waals surface area contributed by atoms with E-state index < -0.39 is 0 Å². The summed E-state index contributed by atoms with van der Waals surface area (Å²) in [6.07, 6.45) is 5.52. The third-order valence-corrected chi connectivity index (χ3v) is 4.73. The van der Waals surface area contributed by atoms with E-state index in [0.29, 0.717) is 11.5 Å². The highest BCUT2D eigenvalue weighted by Gasteiger charge is 2.33. The van der Waals surface area contributed by atoms with E-state index in [2.05, 4.69) is 58.1 Å². The molecule has 2 atom stereocenters. The fourth-order valence-corrected chi connectivity index (χ4v) is 3.83. The van der Waals surface area contributed by atoms with Gasteiger partial charge in [-0.1, -0.05) is 62.9 Å². The zero-order valence-corrected chi connectivity index (χ0v) is 13.9. The molecule has 1 aromatic carbocycles. The predicted octanol–water partition coefficient (Wildman–Crippen LogP) is 5.00. The fourth-order valence-electron chi connectivity index (χ4n) is 3.83. The van der Waals surface area contributed by atoms with Crippen molar-refractivity contribution in [2.45, 2.75) is 72.9 Å². The average molecular weight is 273 g/mol. The molecular weight excluding hydrogens is 242 g/mol. The summed E-state index contributed by atoms with van der Waals surface area (Å²) in [6.45, 7) is 12.6. The average Bonchev–Trinajstić information content (AvgIpc) is 2.34. The Morgan fingerprint density at radius 3 is 2.20 bits per heavy atom. The minimum absolute atomic E-state index is 0.417. The largest absolute Gasteiger partial charge is 0.310 e. The van der Waals surface area contributed by atoms with Gasteiger partial charge in [0.25, 0.3) is 0 Å². The maximum atomic E-state index is 3.85. The molecule has 1 aliphatic carbocycles. The van der Waals surface area contributed by atoms with Crippen LogP contribution in [0.5, 0.6) is 0 Å². The molecule has 1 aliphatic rings. The Balaban J connectivity index is 2.01. The molecule has 0 heterocycles. The number of rotatable bonds is 3. The van der Waals surface area contributed by atoms with E-state index in [0.717, 1.165) is 12.5 Å². The van der Waals surface area contributed by atoms with Gasteiger partial charge >= 0.3 is 0 Å². The second kappa shape index (κ2) is 6.30. The Bertz CT molecular complexity index is 421. The third-order valence-electron chi connectivity index (χ3n) is 4.73. The standard InChI is InChI=1S/C19H31N/c1-14-10-15(2)12-16(11-14)13-20-18-9-7-6-8-17(18)19(3,4)5/h10-12,17-18,20H,6-9,13H2,1-5H3. The first-order chi connectivity index (χ1) is 9.36. The van der Waals surface area contributed by atoms with Crippen molar-refractivity contribution < 1.29 is 0 Å². The monoisotopic (exact) mass is 273 g/mol. The van der Waals surface area contributed by atoms with Crippen molar-refractivity contribution in [1.29, 1.82) is 0 Å². The van der Waals surface area contributed by atoms with Crippen LogP contribution >= 0.6 is 0 Å². The fraction of sp³-hybridized carbons (Fsp3) is 0.684. The maximum Gasteiger partial charge on any atom is 0.0208 e. The van der Waals surface area contributed by atoms with Crippen molar-refractivity contribution in [1.82, 2.24) is 5.32 Å². The third kappa shape index (κ3) is 4.09. The zero-order valence-electron chi connectivity index (χ0n) is 13.9. The number of aryl methyl sites for hydroxylation is 2. The van der Waals surface area contributed by atoms with Crippen LogP contribution in [0.4, 0.5) is 0 Å². The molecule has 1 fully saturated rings. The number of hydrogen-bond acceptors (Lipinski definition) is 1. The first-order valence-electron chi connectivity index (χ1n) is 8.17. The van der Waals surface area contributed by atoms with Crippen molar-refractivity contribution >= 4 is 0 Å². The Morgan fingerprint density at radius 1 is 1.00 bits per heavy atom.